The molecular formula is C63H83N3O9. The Bertz CT molecular complexity index is 2500. The Morgan fingerprint density at radius 3 is 2.36 bits per heavy atom. The van der Waals surface area contributed by atoms with E-state index < -0.39 is 30.1 Å². The molecule has 1 saturated heterocycles. The van der Waals surface area contributed by atoms with Gasteiger partial charge in [0, 0.05) is 57.0 Å². The molecule has 4 aromatic rings. The van der Waals surface area contributed by atoms with Crippen LogP contribution in [0.2, 0.25) is 0 Å². The summed E-state index contributed by atoms with van der Waals surface area (Å²) >= 11 is 0. The molecule has 2 aliphatic heterocycles. The molecule has 404 valence electrons. The van der Waals surface area contributed by atoms with Gasteiger partial charge in [0.15, 0.2) is 0 Å². The summed E-state index contributed by atoms with van der Waals surface area (Å²) in [5.41, 5.74) is 4.51. The Hall–Kier alpha value is -5.53. The van der Waals surface area contributed by atoms with E-state index in [0.29, 0.717) is 50.5 Å². The first-order chi connectivity index (χ1) is 36.9. The van der Waals surface area contributed by atoms with Gasteiger partial charge in [0.05, 0.1) is 24.8 Å². The van der Waals surface area contributed by atoms with Crippen molar-refractivity contribution >= 4 is 28.5 Å². The van der Waals surface area contributed by atoms with Gasteiger partial charge in [-0.1, -0.05) is 161 Å². The maximum Gasteiger partial charge on any atom is 0.412 e. The smallest absolute Gasteiger partial charge is 0.412 e. The monoisotopic (exact) mass is 1030 g/mol. The van der Waals surface area contributed by atoms with Crippen molar-refractivity contribution in [2.45, 2.75) is 172 Å². The Kier molecular flexibility index (Phi) is 21.2. The highest BCUT2D eigenvalue weighted by Crippen LogP contribution is 2.62. The summed E-state index contributed by atoms with van der Waals surface area (Å²) in [5, 5.41) is 30.4. The van der Waals surface area contributed by atoms with Crippen LogP contribution in [-0.4, -0.2) is 77.4 Å². The first-order valence-corrected chi connectivity index (χ1v) is 28.5. The number of allylic oxidation sites excluding steroid dienone is 1. The lowest BCUT2D eigenvalue weighted by atomic mass is 9.55. The third-order valence-corrected chi connectivity index (χ3v) is 16.0. The van der Waals surface area contributed by atoms with Gasteiger partial charge in [-0.05, 0) is 102 Å². The molecule has 0 bridgehead atoms. The molecule has 8 rings (SSSR count). The maximum atomic E-state index is 15.6. The SMILES string of the molecule is C=CCOC12Oc3ccc(OC(=O)NCc4ccccc4)cc3C3C(CCCCO)C(CCCCO)C=C(C(=NOC4CCCCO4)CC1N(Cc1cccc4ccccc14)C(=O)CCCCCCCCCCC)C32. The van der Waals surface area contributed by atoms with E-state index in [1.165, 1.54) is 38.5 Å². The predicted molar refractivity (Wildman–Crippen MR) is 295 cm³/mol. The molecule has 3 N–H and O–H groups in total. The number of carbonyl (C=O) groups excluding carboxylic acids is 2. The number of hydrogen-bond donors (Lipinski definition) is 3. The molecule has 2 aliphatic carbocycles. The molecule has 2 amide bonds. The largest absolute Gasteiger partial charge is 0.459 e. The van der Waals surface area contributed by atoms with Gasteiger partial charge in [0.25, 0.3) is 0 Å². The number of amides is 2. The number of oxime groups is 1. The average Bonchev–Trinajstić information content (AvgIpc) is 3.47. The number of hydrogen-bond acceptors (Lipinski definition) is 10. The number of nitrogens with one attached hydrogen (secondary N) is 1. The lowest BCUT2D eigenvalue weighted by molar-refractivity contribution is -0.258. The third-order valence-electron chi connectivity index (χ3n) is 16.0. The molecule has 2 heterocycles. The fourth-order valence-corrected chi connectivity index (χ4v) is 12.3. The molecule has 0 radical (unpaired) electrons. The zero-order valence-electron chi connectivity index (χ0n) is 44.5. The van der Waals surface area contributed by atoms with Gasteiger partial charge in [-0.3, -0.25) is 4.79 Å². The molecule has 7 unspecified atom stereocenters. The number of aliphatic hydroxyl groups excluding tert-OH is 2. The van der Waals surface area contributed by atoms with E-state index in [-0.39, 0.29) is 49.9 Å². The van der Waals surface area contributed by atoms with Crippen LogP contribution in [-0.2, 0) is 32.2 Å². The van der Waals surface area contributed by atoms with Crippen molar-refractivity contribution in [1.29, 1.82) is 0 Å². The second kappa shape index (κ2) is 28.6. The summed E-state index contributed by atoms with van der Waals surface area (Å²) in [6, 6.07) is 29.3. The van der Waals surface area contributed by atoms with Crippen molar-refractivity contribution in [1.82, 2.24) is 10.2 Å². The number of rotatable bonds is 29. The van der Waals surface area contributed by atoms with Gasteiger partial charge in [0.2, 0.25) is 18.0 Å². The van der Waals surface area contributed by atoms with E-state index in [1.807, 2.05) is 53.4 Å². The minimum Gasteiger partial charge on any atom is -0.459 e. The van der Waals surface area contributed by atoms with Crippen LogP contribution < -0.4 is 14.8 Å². The van der Waals surface area contributed by atoms with Crippen LogP contribution in [0.25, 0.3) is 10.8 Å². The zero-order chi connectivity index (χ0) is 52.2. The standard InChI is InChI=1S/C63H83N3O9/c1-3-5-6-7-8-9-10-11-15-33-58(69)66(45-49-30-24-29-47-27-16-17-31-51(47)49)57-43-55(65-75-59-34-20-23-40-71-59)53-41-48(28-18-21-37-67)52(32-19-22-38-68)60-54-42-50(73-62(70)64-44-46-25-13-12-14-26-46)35-36-56(54)74-63(57,61(53)60)72-39-4-2/h4,12-14,16-17,24-27,29-31,35-36,41-42,48,52,57,59-61,67-68H,2-3,5-11,15,18-23,28,32-34,37-40,43-45H2,1H3,(H,64,70). The average molecular weight is 1030 g/mol. The highest BCUT2D eigenvalue weighted by molar-refractivity contribution is 6.03. The third kappa shape index (κ3) is 14.3. The van der Waals surface area contributed by atoms with Crippen molar-refractivity contribution in [2.24, 2.45) is 22.9 Å². The minimum atomic E-state index is -1.45. The number of ether oxygens (including phenoxy) is 4. The van der Waals surface area contributed by atoms with E-state index in [9.17, 15) is 15.0 Å². The summed E-state index contributed by atoms with van der Waals surface area (Å²) in [7, 11) is 0. The quantitative estimate of drug-likeness (QED) is 0.0275. The first kappa shape index (κ1) is 55.7. The number of aliphatic hydroxyl groups is 2. The van der Waals surface area contributed by atoms with Crippen molar-refractivity contribution < 1.29 is 43.6 Å². The van der Waals surface area contributed by atoms with Gasteiger partial charge in [-0.25, -0.2) is 4.79 Å². The van der Waals surface area contributed by atoms with E-state index >= 15 is 4.79 Å². The van der Waals surface area contributed by atoms with E-state index in [4.69, 9.17) is 28.9 Å². The van der Waals surface area contributed by atoms with Crippen molar-refractivity contribution in [3.8, 4) is 11.5 Å². The van der Waals surface area contributed by atoms with Gasteiger partial charge in [0.1, 0.15) is 17.5 Å². The summed E-state index contributed by atoms with van der Waals surface area (Å²) in [5.74, 6) is -1.26. The van der Waals surface area contributed by atoms with E-state index in [2.05, 4.69) is 61.3 Å². The van der Waals surface area contributed by atoms with E-state index in [1.54, 1.807) is 12.1 Å². The van der Waals surface area contributed by atoms with Gasteiger partial charge < -0.3 is 44.2 Å². The second-order valence-electron chi connectivity index (χ2n) is 21.1. The van der Waals surface area contributed by atoms with Gasteiger partial charge in [-0.15, -0.1) is 6.58 Å². The number of unbranched alkanes of at least 4 members (excludes halogenated alkanes) is 10. The molecular weight excluding hydrogens is 943 g/mol. The molecule has 4 aliphatic rings. The maximum absolute atomic E-state index is 15.6. The lowest BCUT2D eigenvalue weighted by Gasteiger charge is -2.60. The molecule has 4 aromatic carbocycles. The minimum absolute atomic E-state index is 0.00714. The normalized spacial score (nSPS) is 23.3. The van der Waals surface area contributed by atoms with Crippen molar-refractivity contribution in [3.63, 3.8) is 0 Å². The predicted octanol–water partition coefficient (Wildman–Crippen LogP) is 13.2. The van der Waals surface area contributed by atoms with Crippen molar-refractivity contribution in [2.75, 3.05) is 26.4 Å². The van der Waals surface area contributed by atoms with E-state index in [0.717, 1.165) is 103 Å². The van der Waals surface area contributed by atoms with Crippen LogP contribution >= 0.6 is 0 Å². The van der Waals surface area contributed by atoms with Crippen LogP contribution in [0.15, 0.2) is 120 Å². The topological polar surface area (TPSA) is 148 Å². The lowest BCUT2D eigenvalue weighted by Crippen LogP contribution is -2.70. The van der Waals surface area contributed by atoms with Crippen LogP contribution in [0.1, 0.15) is 158 Å². The highest BCUT2D eigenvalue weighted by Gasteiger charge is 2.65. The second-order valence-corrected chi connectivity index (χ2v) is 21.1. The van der Waals surface area contributed by atoms with Crippen LogP contribution in [0.3, 0.4) is 0 Å². The molecule has 12 heteroatoms. The number of nitrogens with zero attached hydrogens (tertiary/aromatic N) is 2. The molecule has 0 spiro atoms. The highest BCUT2D eigenvalue weighted by atomic mass is 16.8. The molecule has 2 fully saturated rings. The summed E-state index contributed by atoms with van der Waals surface area (Å²) in [6.07, 6.45) is 21.0. The Labute approximate surface area is 445 Å². The molecule has 0 aromatic heterocycles. The Balaban J connectivity index is 1.26. The summed E-state index contributed by atoms with van der Waals surface area (Å²) in [4.78, 5) is 37.6. The summed E-state index contributed by atoms with van der Waals surface area (Å²) < 4.78 is 27.1. The molecule has 1 saturated carbocycles. The first-order valence-electron chi connectivity index (χ1n) is 28.5. The van der Waals surface area contributed by atoms with Crippen LogP contribution in [0, 0.1) is 17.8 Å². The Morgan fingerprint density at radius 2 is 1.60 bits per heavy atom. The molecule has 7 atom stereocenters. The molecule has 75 heavy (non-hydrogen) atoms. The fraction of sp³-hybridized carbons (Fsp3) is 0.540. The molecule has 12 nitrogen and oxygen atoms in total. The Morgan fingerprint density at radius 1 is 0.853 bits per heavy atom. The number of benzene rings is 4. The van der Waals surface area contributed by atoms with Gasteiger partial charge in [-0.2, -0.15) is 0 Å². The zero-order valence-corrected chi connectivity index (χ0v) is 44.5. The van der Waals surface area contributed by atoms with Crippen molar-refractivity contribution in [3.05, 3.63) is 132 Å². The number of fused-ring (bicyclic) bond motifs is 3. The number of carbonyl (C=O) groups is 2. The van der Waals surface area contributed by atoms with Crippen LogP contribution in [0.5, 0.6) is 11.5 Å². The van der Waals surface area contributed by atoms with Gasteiger partial charge >= 0.3 is 6.09 Å². The summed E-state index contributed by atoms with van der Waals surface area (Å²) in [6.45, 7) is 7.91. The fourth-order valence-electron chi connectivity index (χ4n) is 12.3. The van der Waals surface area contributed by atoms with Crippen LogP contribution in [0.4, 0.5) is 4.79 Å².